The Morgan fingerprint density at radius 3 is 2.20 bits per heavy atom. The topological polar surface area (TPSA) is 149 Å². The molecule has 0 bridgehead atoms. The summed E-state index contributed by atoms with van der Waals surface area (Å²) in [5, 5.41) is 19.8. The van der Waals surface area contributed by atoms with E-state index >= 15 is 4.79 Å². The molecule has 14 heteroatoms. The highest BCUT2D eigenvalue weighted by Gasteiger charge is 2.66. The number of aliphatic hydroxyl groups is 1. The monoisotopic (exact) mass is 812 g/mol. The second kappa shape index (κ2) is 15.4. The van der Waals surface area contributed by atoms with Crippen LogP contribution in [0.5, 0.6) is 5.75 Å². The third kappa shape index (κ3) is 6.63. The minimum Gasteiger partial charge on any atom is -0.497 e. The van der Waals surface area contributed by atoms with Crippen molar-refractivity contribution in [1.82, 2.24) is 15.0 Å². The summed E-state index contributed by atoms with van der Waals surface area (Å²) in [4.78, 5) is 45.6. The van der Waals surface area contributed by atoms with Crippen LogP contribution in [0.15, 0.2) is 103 Å². The summed E-state index contributed by atoms with van der Waals surface area (Å²) in [6.07, 6.45) is 0.0539. The predicted octanol–water partition coefficient (Wildman–Crippen LogP) is 6.74. The minimum absolute atomic E-state index is 0.189. The van der Waals surface area contributed by atoms with Crippen LogP contribution in [0.1, 0.15) is 61.2 Å². The number of anilines is 3. The molecule has 3 amide bonds. The predicted molar refractivity (Wildman–Crippen MR) is 222 cm³/mol. The number of carbonyl (C=O) groups excluding carboxylic acids is 3. The Hall–Kier alpha value is -6.25. The molecule has 310 valence electrons. The van der Waals surface area contributed by atoms with Crippen molar-refractivity contribution < 1.29 is 38.4 Å². The average molecular weight is 813 g/mol. The van der Waals surface area contributed by atoms with Crippen LogP contribution in [-0.2, 0) is 43.1 Å². The molecule has 60 heavy (non-hydrogen) atoms. The van der Waals surface area contributed by atoms with Gasteiger partial charge >= 0.3 is 12.2 Å². The number of rotatable bonds is 12. The number of ether oxygens (including phenoxy) is 4. The highest BCUT2D eigenvalue weighted by molar-refractivity contribution is 6.08. The van der Waals surface area contributed by atoms with E-state index in [2.05, 4.69) is 43.2 Å². The average Bonchev–Trinajstić information content (AvgIpc) is 4.11. The number of benzene rings is 4. The number of aliphatic hydroxyl groups excluding tert-OH is 1. The standard InChI is InChI=1S/C46H48N6O8/c1-29-40(45(2,3)32-12-17-35(57-4)18-13-32)39(20-21-49-28-37(47-48-49)41(53)31-8-6-5-7-9-31)60-46(29)36-26-34(51-23-25-59-44(51)56)16-19-38(36)52(42(46)54)27-30-10-14-33(15-11-30)50-22-24-58-43(50)55/h5-19,26,28-29,39-41,53H,20-25,27H2,1-4H3/t29-,39+,40-,41-,46+/m1/s1. The van der Waals surface area contributed by atoms with Gasteiger partial charge in [-0.1, -0.05) is 80.6 Å². The van der Waals surface area contributed by atoms with Gasteiger partial charge in [0.15, 0.2) is 5.60 Å². The quantitative estimate of drug-likeness (QED) is 0.144. The number of cyclic esters (lactones) is 2. The lowest BCUT2D eigenvalue weighted by Crippen LogP contribution is -2.45. The summed E-state index contributed by atoms with van der Waals surface area (Å²) in [6, 6.07) is 30.6. The summed E-state index contributed by atoms with van der Waals surface area (Å²) in [7, 11) is 1.64. The van der Waals surface area contributed by atoms with Gasteiger partial charge in [0.2, 0.25) is 0 Å². The highest BCUT2D eigenvalue weighted by Crippen LogP contribution is 2.60. The zero-order valence-electron chi connectivity index (χ0n) is 34.1. The smallest absolute Gasteiger partial charge is 0.414 e. The van der Waals surface area contributed by atoms with Gasteiger partial charge in [-0.05, 0) is 71.0 Å². The first-order valence-corrected chi connectivity index (χ1v) is 20.4. The molecule has 0 aliphatic carbocycles. The van der Waals surface area contributed by atoms with Gasteiger partial charge in [0.25, 0.3) is 5.91 Å². The number of aromatic nitrogens is 3. The fourth-order valence-corrected chi connectivity index (χ4v) is 9.73. The molecule has 4 aliphatic rings. The number of carbonyl (C=O) groups is 3. The molecule has 0 unspecified atom stereocenters. The van der Waals surface area contributed by atoms with Crippen LogP contribution < -0.4 is 19.4 Å². The van der Waals surface area contributed by atoms with Crippen molar-refractivity contribution in [1.29, 1.82) is 0 Å². The van der Waals surface area contributed by atoms with Crippen LogP contribution in [0.4, 0.5) is 26.7 Å². The number of amides is 3. The first-order valence-electron chi connectivity index (χ1n) is 20.4. The van der Waals surface area contributed by atoms with E-state index < -0.39 is 29.3 Å². The summed E-state index contributed by atoms with van der Waals surface area (Å²) in [5.41, 5.74) is 3.92. The summed E-state index contributed by atoms with van der Waals surface area (Å²) in [6.45, 7) is 8.64. The largest absolute Gasteiger partial charge is 0.497 e. The van der Waals surface area contributed by atoms with E-state index in [0.717, 1.165) is 28.1 Å². The summed E-state index contributed by atoms with van der Waals surface area (Å²) < 4.78 is 25.0. The van der Waals surface area contributed by atoms with Gasteiger partial charge in [0, 0.05) is 35.3 Å². The number of aryl methyl sites for hydroxylation is 1. The Labute approximate surface area is 348 Å². The maximum absolute atomic E-state index is 15.5. The van der Waals surface area contributed by atoms with Crippen LogP contribution in [0.25, 0.3) is 0 Å². The molecule has 14 nitrogen and oxygen atoms in total. The molecule has 5 heterocycles. The molecular weight excluding hydrogens is 765 g/mol. The lowest BCUT2D eigenvalue weighted by Gasteiger charge is -2.38. The SMILES string of the molecule is COc1ccc(C(C)(C)[C@H]2[C@H](CCn3cc([C@H](O)c4ccccc4)nn3)O[C@@]3(C(=O)N(Cc4ccc(N5CCOC5=O)cc4)c4ccc(N5CCOC5=O)cc43)[C@@H]2C)cc1. The molecule has 1 spiro atoms. The summed E-state index contributed by atoms with van der Waals surface area (Å²) in [5.74, 6) is 0.00660. The zero-order chi connectivity index (χ0) is 41.8. The number of methoxy groups -OCH3 is 1. The second-order valence-electron chi connectivity index (χ2n) is 16.5. The molecule has 0 radical (unpaired) electrons. The summed E-state index contributed by atoms with van der Waals surface area (Å²) >= 11 is 0. The first-order chi connectivity index (χ1) is 29.0. The minimum atomic E-state index is -1.41. The fraction of sp³-hybridized carbons (Fsp3) is 0.370. The molecule has 3 saturated heterocycles. The zero-order valence-corrected chi connectivity index (χ0v) is 34.1. The second-order valence-corrected chi connectivity index (χ2v) is 16.5. The molecular formula is C46H48N6O8. The van der Waals surface area contributed by atoms with Gasteiger partial charge in [-0.25, -0.2) is 9.59 Å². The number of hydrogen-bond donors (Lipinski definition) is 1. The Bertz CT molecular complexity index is 2400. The van der Waals surface area contributed by atoms with Crippen molar-refractivity contribution in [2.45, 2.75) is 63.5 Å². The van der Waals surface area contributed by atoms with E-state index in [1.54, 1.807) is 32.7 Å². The maximum atomic E-state index is 15.5. The molecule has 5 atom stereocenters. The molecule has 0 saturated carbocycles. The Morgan fingerprint density at radius 1 is 0.883 bits per heavy atom. The Kier molecular flexibility index (Phi) is 10.1. The molecule has 4 aromatic carbocycles. The first kappa shape index (κ1) is 39.2. The van der Waals surface area contributed by atoms with Crippen molar-refractivity contribution in [3.63, 3.8) is 0 Å². The van der Waals surface area contributed by atoms with E-state index in [4.69, 9.17) is 18.9 Å². The van der Waals surface area contributed by atoms with Crippen LogP contribution in [0.2, 0.25) is 0 Å². The van der Waals surface area contributed by atoms with Crippen LogP contribution in [0.3, 0.4) is 0 Å². The third-order valence-electron chi connectivity index (χ3n) is 12.8. The van der Waals surface area contributed by atoms with Crippen molar-refractivity contribution in [3.8, 4) is 5.75 Å². The van der Waals surface area contributed by atoms with Gasteiger partial charge < -0.3 is 29.0 Å². The van der Waals surface area contributed by atoms with Gasteiger partial charge in [0.1, 0.15) is 30.8 Å². The molecule has 1 N–H and O–H groups in total. The van der Waals surface area contributed by atoms with Crippen molar-refractivity contribution in [2.24, 2.45) is 11.8 Å². The van der Waals surface area contributed by atoms with E-state index in [-0.39, 0.29) is 37.0 Å². The molecule has 9 rings (SSSR count). The lowest BCUT2D eigenvalue weighted by molar-refractivity contribution is -0.146. The van der Waals surface area contributed by atoms with Crippen LogP contribution in [0, 0.1) is 11.8 Å². The molecule has 4 aliphatic heterocycles. The Morgan fingerprint density at radius 2 is 1.55 bits per heavy atom. The third-order valence-corrected chi connectivity index (χ3v) is 12.8. The lowest BCUT2D eigenvalue weighted by atomic mass is 9.63. The fourth-order valence-electron chi connectivity index (χ4n) is 9.73. The van der Waals surface area contributed by atoms with Crippen LogP contribution >= 0.6 is 0 Å². The van der Waals surface area contributed by atoms with Gasteiger partial charge in [0.05, 0.1) is 44.7 Å². The van der Waals surface area contributed by atoms with Gasteiger partial charge in [-0.2, -0.15) is 0 Å². The van der Waals surface area contributed by atoms with E-state index in [9.17, 15) is 14.7 Å². The van der Waals surface area contributed by atoms with Crippen molar-refractivity contribution in [2.75, 3.05) is 48.1 Å². The molecule has 5 aromatic rings. The maximum Gasteiger partial charge on any atom is 0.414 e. The van der Waals surface area contributed by atoms with Crippen LogP contribution in [-0.4, -0.2) is 77.7 Å². The molecule has 3 fully saturated rings. The van der Waals surface area contributed by atoms with Gasteiger partial charge in [-0.3, -0.25) is 19.3 Å². The van der Waals surface area contributed by atoms with E-state index in [1.807, 2.05) is 84.9 Å². The number of nitrogens with zero attached hydrogens (tertiary/aromatic N) is 6. The van der Waals surface area contributed by atoms with Crippen molar-refractivity contribution >= 4 is 35.2 Å². The number of hydrogen-bond acceptors (Lipinski definition) is 10. The van der Waals surface area contributed by atoms with Crippen molar-refractivity contribution in [3.05, 3.63) is 131 Å². The number of fused-ring (bicyclic) bond motifs is 2. The van der Waals surface area contributed by atoms with E-state index in [0.29, 0.717) is 55.3 Å². The highest BCUT2D eigenvalue weighted by atomic mass is 16.6. The normalized spacial score (nSPS) is 23.1. The molecule has 1 aromatic heterocycles. The Balaban J connectivity index is 1.09. The van der Waals surface area contributed by atoms with Gasteiger partial charge in [-0.15, -0.1) is 5.10 Å². The van der Waals surface area contributed by atoms with E-state index in [1.165, 1.54) is 0 Å².